The molecule has 0 aromatic heterocycles. The number of nitrogens with zero attached hydrogens (tertiary/aromatic N) is 2. The lowest BCUT2D eigenvalue weighted by atomic mass is 9.55. The molecule has 2 aliphatic carbocycles. The van der Waals surface area contributed by atoms with Gasteiger partial charge in [-0.2, -0.15) is 0 Å². The number of unbranched alkanes of at least 4 members (excludes halogenated alkanes) is 2. The summed E-state index contributed by atoms with van der Waals surface area (Å²) in [6.45, 7) is 12.8. The summed E-state index contributed by atoms with van der Waals surface area (Å²) >= 11 is 0. The minimum Gasteiger partial charge on any atom is -0.459 e. The molecule has 0 spiro atoms. The zero-order valence-electron chi connectivity index (χ0n) is 37.0. The number of fused-ring (bicyclic) bond motifs is 2. The van der Waals surface area contributed by atoms with Crippen molar-refractivity contribution in [3.63, 3.8) is 0 Å². The van der Waals surface area contributed by atoms with E-state index in [9.17, 15) is 20.1 Å². The molecule has 6 unspecified atom stereocenters. The highest BCUT2D eigenvalue weighted by molar-refractivity contribution is 6.03. The molecule has 6 atom stereocenters. The predicted molar refractivity (Wildman–Crippen MR) is 243 cm³/mol. The van der Waals surface area contributed by atoms with Crippen molar-refractivity contribution >= 4 is 11.8 Å². The number of allylic oxidation sites excluding steroid dienone is 1. The molecule has 1 aliphatic heterocycles. The van der Waals surface area contributed by atoms with Crippen molar-refractivity contribution in [3.05, 3.63) is 126 Å². The van der Waals surface area contributed by atoms with Crippen LogP contribution in [0.4, 0.5) is 4.79 Å². The van der Waals surface area contributed by atoms with Gasteiger partial charge in [-0.25, -0.2) is 4.79 Å². The Bertz CT molecular complexity index is 2020. The molecule has 1 amide bonds. The van der Waals surface area contributed by atoms with Crippen LogP contribution in [0.3, 0.4) is 0 Å². The largest absolute Gasteiger partial charge is 0.459 e. The minimum atomic E-state index is -1.48. The first-order valence-electron chi connectivity index (χ1n) is 22.5. The third-order valence-corrected chi connectivity index (χ3v) is 12.5. The number of aliphatic hydroxyl groups excluding tert-OH is 3. The lowest BCUT2D eigenvalue weighted by Crippen LogP contribution is -2.70. The van der Waals surface area contributed by atoms with E-state index >= 15 is 0 Å². The summed E-state index contributed by atoms with van der Waals surface area (Å²) in [6, 6.07) is 21.0. The van der Waals surface area contributed by atoms with Gasteiger partial charge in [-0.3, -0.25) is 4.90 Å². The van der Waals surface area contributed by atoms with Gasteiger partial charge >= 0.3 is 6.09 Å². The maximum atomic E-state index is 14.5. The van der Waals surface area contributed by atoms with Crippen LogP contribution in [-0.2, 0) is 25.7 Å². The van der Waals surface area contributed by atoms with E-state index in [1.54, 1.807) is 17.1 Å². The maximum Gasteiger partial charge on any atom is 0.410 e. The number of oxime groups is 1. The number of aliphatic hydroxyl groups is 3. The van der Waals surface area contributed by atoms with Crippen molar-refractivity contribution in [2.45, 2.75) is 89.6 Å². The molecule has 3 aromatic rings. The average Bonchev–Trinajstić information content (AvgIpc) is 3.29. The summed E-state index contributed by atoms with van der Waals surface area (Å²) in [4.78, 5) is 22.3. The van der Waals surface area contributed by atoms with Crippen LogP contribution >= 0.6 is 0 Å². The van der Waals surface area contributed by atoms with Gasteiger partial charge in [-0.15, -0.1) is 13.2 Å². The number of carbonyl (C=O) groups excluding carboxylic acids is 1. The number of aryl methyl sites for hydroxylation is 2. The first kappa shape index (κ1) is 47.5. The zero-order chi connectivity index (χ0) is 44.6. The Balaban J connectivity index is 1.57. The standard InChI is InChI=1S/C51H66N2O10/c1-5-7-28-59-50(57)53(23-29-58-30-26-56)47-34-45(52-61-35-38-15-9-8-10-16-38)43-32-39(17-11-13-24-54)42(18-12-14-25-55)48-44-33-41(62-40-20-19-36(3)37(4)31-40)21-22-46(44)63-51(47,49(43)48)60-27-6-2/h5-6,8-10,15-16,19-22,31-33,39,42,47-49,54-56H,1-2,7,11-14,17-18,23-30,34-35H2,3-4H3. The molecular formula is C51H66N2O10. The summed E-state index contributed by atoms with van der Waals surface area (Å²) in [5.41, 5.74) is 5.79. The second-order valence-electron chi connectivity index (χ2n) is 16.6. The number of rotatable bonds is 25. The molecule has 1 fully saturated rings. The molecule has 1 saturated carbocycles. The van der Waals surface area contributed by atoms with Gasteiger partial charge in [0, 0.05) is 37.7 Å². The monoisotopic (exact) mass is 866 g/mol. The van der Waals surface area contributed by atoms with Gasteiger partial charge in [0.05, 0.1) is 44.7 Å². The van der Waals surface area contributed by atoms with Crippen LogP contribution < -0.4 is 9.47 Å². The van der Waals surface area contributed by atoms with Crippen LogP contribution in [-0.4, -0.2) is 96.6 Å². The van der Waals surface area contributed by atoms with Crippen LogP contribution in [0.5, 0.6) is 17.2 Å². The summed E-state index contributed by atoms with van der Waals surface area (Å²) in [5, 5.41) is 34.4. The molecule has 12 nitrogen and oxygen atoms in total. The van der Waals surface area contributed by atoms with E-state index in [1.807, 2.05) is 54.6 Å². The van der Waals surface area contributed by atoms with E-state index in [0.29, 0.717) is 36.5 Å². The average molecular weight is 867 g/mol. The van der Waals surface area contributed by atoms with E-state index in [-0.39, 0.29) is 83.6 Å². The fourth-order valence-electron chi connectivity index (χ4n) is 9.40. The van der Waals surface area contributed by atoms with Crippen molar-refractivity contribution in [3.8, 4) is 17.2 Å². The summed E-state index contributed by atoms with van der Waals surface area (Å²) in [6.07, 6.45) is 10.3. The van der Waals surface area contributed by atoms with Gasteiger partial charge in [0.1, 0.15) is 29.9 Å². The zero-order valence-corrected chi connectivity index (χ0v) is 37.0. The molecule has 0 radical (unpaired) electrons. The first-order chi connectivity index (χ1) is 30.8. The molecule has 0 saturated heterocycles. The van der Waals surface area contributed by atoms with Crippen molar-refractivity contribution in [2.24, 2.45) is 22.9 Å². The van der Waals surface area contributed by atoms with Crippen LogP contribution in [0.2, 0.25) is 0 Å². The highest BCUT2D eigenvalue weighted by atomic mass is 16.7. The number of hydrogen-bond donors (Lipinski definition) is 3. The number of hydrogen-bond acceptors (Lipinski definition) is 11. The Morgan fingerprint density at radius 2 is 1.65 bits per heavy atom. The number of benzene rings is 3. The molecule has 340 valence electrons. The predicted octanol–water partition coefficient (Wildman–Crippen LogP) is 8.95. The lowest BCUT2D eigenvalue weighted by molar-refractivity contribution is -0.256. The molecule has 63 heavy (non-hydrogen) atoms. The second kappa shape index (κ2) is 23.6. The van der Waals surface area contributed by atoms with Crippen LogP contribution in [0.25, 0.3) is 0 Å². The molecule has 1 heterocycles. The van der Waals surface area contributed by atoms with Crippen molar-refractivity contribution in [2.75, 3.05) is 52.8 Å². The SMILES string of the molecule is C=CCCOC(=O)N(CCOCCO)C1CC(=NOCc2ccccc2)C2=CC(CCCCO)C(CCCCO)C3c4cc(Oc5ccc(C)c(C)c5)ccc4OC1(OCC=C)C23. The Morgan fingerprint density at radius 3 is 2.38 bits per heavy atom. The van der Waals surface area contributed by atoms with Crippen molar-refractivity contribution in [1.82, 2.24) is 4.90 Å². The number of ether oxygens (including phenoxy) is 5. The highest BCUT2D eigenvalue weighted by Gasteiger charge is 2.65. The topological polar surface area (TPSA) is 149 Å². The minimum absolute atomic E-state index is 0.0290. The number of carbonyl (C=O) groups is 1. The number of amides is 1. The normalized spacial score (nSPS) is 22.8. The van der Waals surface area contributed by atoms with Crippen LogP contribution in [0.1, 0.15) is 79.5 Å². The molecule has 3 aliphatic rings. The van der Waals surface area contributed by atoms with Crippen molar-refractivity contribution < 1.29 is 48.6 Å². The molecule has 6 rings (SSSR count). The molecule has 12 heteroatoms. The smallest absolute Gasteiger partial charge is 0.410 e. The van der Waals surface area contributed by atoms with Crippen LogP contribution in [0.15, 0.2) is 109 Å². The second-order valence-corrected chi connectivity index (χ2v) is 16.6. The van der Waals surface area contributed by atoms with Crippen LogP contribution in [0, 0.1) is 31.6 Å². The van der Waals surface area contributed by atoms with Crippen molar-refractivity contribution in [1.29, 1.82) is 0 Å². The quantitative estimate of drug-likeness (QED) is 0.0428. The van der Waals surface area contributed by atoms with Gasteiger partial charge in [0.2, 0.25) is 5.79 Å². The summed E-state index contributed by atoms with van der Waals surface area (Å²) in [5.74, 6) is -0.170. The van der Waals surface area contributed by atoms with Gasteiger partial charge in [-0.1, -0.05) is 72.6 Å². The van der Waals surface area contributed by atoms with E-state index < -0.39 is 23.8 Å². The molecule has 3 N–H and O–H groups in total. The van der Waals surface area contributed by atoms with E-state index in [0.717, 1.165) is 53.7 Å². The fraction of sp³-hybridized carbons (Fsp3) is 0.490. The van der Waals surface area contributed by atoms with Gasteiger partial charge < -0.3 is 43.8 Å². The third kappa shape index (κ3) is 11.6. The third-order valence-electron chi connectivity index (χ3n) is 12.5. The molecule has 3 aromatic carbocycles. The fourth-order valence-corrected chi connectivity index (χ4v) is 9.40. The Hall–Kier alpha value is -4.98. The highest BCUT2D eigenvalue weighted by Crippen LogP contribution is 2.62. The van der Waals surface area contributed by atoms with E-state index in [2.05, 4.69) is 45.2 Å². The Labute approximate surface area is 372 Å². The Kier molecular flexibility index (Phi) is 17.8. The summed E-state index contributed by atoms with van der Waals surface area (Å²) in [7, 11) is 0. The first-order valence-corrected chi connectivity index (χ1v) is 22.5. The summed E-state index contributed by atoms with van der Waals surface area (Å²) < 4.78 is 32.7. The lowest BCUT2D eigenvalue weighted by Gasteiger charge is -2.59. The van der Waals surface area contributed by atoms with E-state index in [1.165, 1.54) is 5.56 Å². The molecule has 0 bridgehead atoms. The maximum absolute atomic E-state index is 14.5. The van der Waals surface area contributed by atoms with Gasteiger partial charge in [0.25, 0.3) is 0 Å². The van der Waals surface area contributed by atoms with Gasteiger partial charge in [0.15, 0.2) is 0 Å². The van der Waals surface area contributed by atoms with E-state index in [4.69, 9.17) is 33.7 Å². The van der Waals surface area contributed by atoms with Gasteiger partial charge in [-0.05, 0) is 110 Å². The Morgan fingerprint density at radius 1 is 0.889 bits per heavy atom. The molecular weight excluding hydrogens is 801 g/mol.